The van der Waals surface area contributed by atoms with E-state index in [0.29, 0.717) is 11.6 Å². The predicted molar refractivity (Wildman–Crippen MR) is 83.6 cm³/mol. The molecule has 2 unspecified atom stereocenters. The van der Waals surface area contributed by atoms with Gasteiger partial charge >= 0.3 is 0 Å². The van der Waals surface area contributed by atoms with E-state index in [1.807, 2.05) is 31.3 Å². The number of nitrogens with zero attached hydrogens (tertiary/aromatic N) is 1. The number of ether oxygens (including phenoxy) is 1. The summed E-state index contributed by atoms with van der Waals surface area (Å²) in [6.45, 7) is 1.24. The lowest BCUT2D eigenvalue weighted by atomic mass is 9.98. The monoisotopic (exact) mass is 303 g/mol. The molecule has 1 aliphatic heterocycles. The van der Waals surface area contributed by atoms with Crippen molar-refractivity contribution < 1.29 is 9.84 Å². The van der Waals surface area contributed by atoms with E-state index in [9.17, 15) is 5.11 Å². The highest BCUT2D eigenvalue weighted by Crippen LogP contribution is 2.35. The number of rotatable bonds is 3. The van der Waals surface area contributed by atoms with Crippen LogP contribution in [-0.2, 0) is 6.54 Å². The molecule has 0 aliphatic carbocycles. The van der Waals surface area contributed by atoms with E-state index in [4.69, 9.17) is 16.3 Å². The summed E-state index contributed by atoms with van der Waals surface area (Å²) in [5.74, 6) is 0.719. The first-order valence-corrected chi connectivity index (χ1v) is 7.37. The fourth-order valence-corrected chi connectivity index (χ4v) is 2.89. The van der Waals surface area contributed by atoms with E-state index in [1.54, 1.807) is 12.1 Å². The minimum Gasteiger partial charge on any atom is -0.491 e. The first kappa shape index (κ1) is 14.4. The Kier molecular flexibility index (Phi) is 4.15. The molecule has 2 atom stereocenters. The molecular formula is C17H18ClNO2. The van der Waals surface area contributed by atoms with Gasteiger partial charge in [-0.2, -0.15) is 0 Å². The zero-order valence-corrected chi connectivity index (χ0v) is 12.6. The lowest BCUT2D eigenvalue weighted by Crippen LogP contribution is -2.43. The Morgan fingerprint density at radius 2 is 2.00 bits per heavy atom. The number of fused-ring (bicyclic) bond motifs is 1. The van der Waals surface area contributed by atoms with Gasteiger partial charge in [0.1, 0.15) is 18.5 Å². The summed E-state index contributed by atoms with van der Waals surface area (Å²) in [4.78, 5) is 2.11. The highest BCUT2D eigenvalue weighted by Gasteiger charge is 2.32. The van der Waals surface area contributed by atoms with Crippen LogP contribution in [0.25, 0.3) is 0 Å². The van der Waals surface area contributed by atoms with E-state index in [-0.39, 0.29) is 6.04 Å². The predicted octanol–water partition coefficient (Wildman–Crippen LogP) is 3.27. The van der Waals surface area contributed by atoms with Gasteiger partial charge < -0.3 is 9.84 Å². The topological polar surface area (TPSA) is 32.7 Å². The first-order valence-electron chi connectivity index (χ1n) is 6.99. The van der Waals surface area contributed by atoms with Gasteiger partial charge in [-0.3, -0.25) is 4.90 Å². The van der Waals surface area contributed by atoms with E-state index in [2.05, 4.69) is 17.0 Å². The van der Waals surface area contributed by atoms with Crippen LogP contribution in [-0.4, -0.2) is 29.7 Å². The highest BCUT2D eigenvalue weighted by molar-refractivity contribution is 6.30. The molecule has 110 valence electrons. The van der Waals surface area contributed by atoms with E-state index in [0.717, 1.165) is 17.9 Å². The summed E-state index contributed by atoms with van der Waals surface area (Å²) >= 11 is 6.02. The van der Waals surface area contributed by atoms with Crippen LogP contribution in [0.1, 0.15) is 17.2 Å². The highest BCUT2D eigenvalue weighted by atomic mass is 35.5. The summed E-state index contributed by atoms with van der Waals surface area (Å²) < 4.78 is 5.76. The molecule has 4 heteroatoms. The second-order valence-electron chi connectivity index (χ2n) is 5.41. The molecule has 2 aromatic rings. The number of aliphatic hydroxyl groups excluding tert-OH is 1. The summed E-state index contributed by atoms with van der Waals surface area (Å²) in [5, 5.41) is 11.2. The normalized spacial score (nSPS) is 21.0. The smallest absolute Gasteiger partial charge is 0.125 e. The SMILES string of the molecule is CN(Cc1ccccc1)C1COc2ccc(Cl)cc2C1O. The molecule has 0 amide bonds. The minimum absolute atomic E-state index is 0.0869. The van der Waals surface area contributed by atoms with Crippen molar-refractivity contribution in [2.45, 2.75) is 18.7 Å². The average molecular weight is 304 g/mol. The Balaban J connectivity index is 1.78. The van der Waals surface area contributed by atoms with Gasteiger partial charge in [0.2, 0.25) is 0 Å². The molecule has 21 heavy (non-hydrogen) atoms. The zero-order valence-electron chi connectivity index (χ0n) is 11.9. The molecule has 3 nitrogen and oxygen atoms in total. The molecule has 1 N–H and O–H groups in total. The molecule has 0 aromatic heterocycles. The van der Waals surface area contributed by atoms with Gasteiger partial charge in [0.25, 0.3) is 0 Å². The minimum atomic E-state index is -0.596. The number of benzene rings is 2. The van der Waals surface area contributed by atoms with Crippen LogP contribution in [0.3, 0.4) is 0 Å². The van der Waals surface area contributed by atoms with Crippen molar-refractivity contribution in [3.8, 4) is 5.75 Å². The molecule has 0 saturated carbocycles. The van der Waals surface area contributed by atoms with Crippen LogP contribution in [0.4, 0.5) is 0 Å². The molecule has 1 heterocycles. The molecule has 2 aromatic carbocycles. The van der Waals surface area contributed by atoms with Gasteiger partial charge in [-0.1, -0.05) is 41.9 Å². The molecule has 0 fully saturated rings. The van der Waals surface area contributed by atoms with Crippen molar-refractivity contribution in [3.63, 3.8) is 0 Å². The third kappa shape index (κ3) is 3.05. The van der Waals surface area contributed by atoms with Crippen LogP contribution in [0.15, 0.2) is 48.5 Å². The molecule has 0 bridgehead atoms. The summed E-state index contributed by atoms with van der Waals surface area (Å²) in [6.07, 6.45) is -0.596. The maximum atomic E-state index is 10.6. The van der Waals surface area contributed by atoms with E-state index in [1.165, 1.54) is 5.56 Å². The molecule has 0 saturated heterocycles. The van der Waals surface area contributed by atoms with Crippen molar-refractivity contribution in [2.75, 3.05) is 13.7 Å². The van der Waals surface area contributed by atoms with Crippen molar-refractivity contribution in [1.82, 2.24) is 4.90 Å². The van der Waals surface area contributed by atoms with Crippen LogP contribution in [0.2, 0.25) is 5.02 Å². The quantitative estimate of drug-likeness (QED) is 0.944. The lowest BCUT2D eigenvalue weighted by molar-refractivity contribution is 0.0118. The number of halogens is 1. The average Bonchev–Trinajstić information content (AvgIpc) is 2.49. The van der Waals surface area contributed by atoms with Gasteiger partial charge in [-0.05, 0) is 30.8 Å². The van der Waals surface area contributed by atoms with Crippen molar-refractivity contribution >= 4 is 11.6 Å². The Morgan fingerprint density at radius 3 is 2.76 bits per heavy atom. The van der Waals surface area contributed by atoms with Gasteiger partial charge in [0, 0.05) is 17.1 Å². The number of hydrogen-bond donors (Lipinski definition) is 1. The van der Waals surface area contributed by atoms with Crippen LogP contribution >= 0.6 is 11.6 Å². The molecule has 0 spiro atoms. The van der Waals surface area contributed by atoms with Crippen molar-refractivity contribution in [2.24, 2.45) is 0 Å². The Bertz CT molecular complexity index is 617. The zero-order chi connectivity index (χ0) is 14.8. The summed E-state index contributed by atoms with van der Waals surface area (Å²) in [5.41, 5.74) is 1.97. The van der Waals surface area contributed by atoms with Gasteiger partial charge in [-0.25, -0.2) is 0 Å². The number of aliphatic hydroxyl groups is 1. The summed E-state index contributed by atoms with van der Waals surface area (Å²) in [6, 6.07) is 15.5. The fraction of sp³-hybridized carbons (Fsp3) is 0.294. The standard InChI is InChI=1S/C17H18ClNO2/c1-19(10-12-5-3-2-4-6-12)15-11-21-16-8-7-13(18)9-14(16)17(15)20/h2-9,15,17,20H,10-11H2,1H3. The Labute approximate surface area is 129 Å². The van der Waals surface area contributed by atoms with Gasteiger partial charge in [0.05, 0.1) is 6.04 Å². The van der Waals surface area contributed by atoms with Crippen LogP contribution in [0, 0.1) is 0 Å². The second kappa shape index (κ2) is 6.06. The van der Waals surface area contributed by atoms with E-state index < -0.39 is 6.10 Å². The van der Waals surface area contributed by atoms with Crippen LogP contribution < -0.4 is 4.74 Å². The Morgan fingerprint density at radius 1 is 1.24 bits per heavy atom. The maximum absolute atomic E-state index is 10.6. The molecule has 1 aliphatic rings. The third-order valence-corrected chi connectivity index (χ3v) is 4.14. The summed E-state index contributed by atoms with van der Waals surface area (Å²) in [7, 11) is 2.00. The molecule has 0 radical (unpaired) electrons. The molecular weight excluding hydrogens is 286 g/mol. The fourth-order valence-electron chi connectivity index (χ4n) is 2.71. The largest absolute Gasteiger partial charge is 0.491 e. The van der Waals surface area contributed by atoms with Crippen molar-refractivity contribution in [3.05, 3.63) is 64.7 Å². The van der Waals surface area contributed by atoms with Crippen LogP contribution in [0.5, 0.6) is 5.75 Å². The number of likely N-dealkylation sites (N-methyl/N-ethyl adjacent to an activating group) is 1. The second-order valence-corrected chi connectivity index (χ2v) is 5.84. The Hall–Kier alpha value is -1.55. The number of hydrogen-bond acceptors (Lipinski definition) is 3. The van der Waals surface area contributed by atoms with Gasteiger partial charge in [0.15, 0.2) is 0 Å². The molecule has 3 rings (SSSR count). The third-order valence-electron chi connectivity index (χ3n) is 3.91. The lowest BCUT2D eigenvalue weighted by Gasteiger charge is -2.36. The van der Waals surface area contributed by atoms with Gasteiger partial charge in [-0.15, -0.1) is 0 Å². The first-order chi connectivity index (χ1) is 10.1. The van der Waals surface area contributed by atoms with E-state index >= 15 is 0 Å². The van der Waals surface area contributed by atoms with Crippen molar-refractivity contribution in [1.29, 1.82) is 0 Å². The maximum Gasteiger partial charge on any atom is 0.125 e.